The second kappa shape index (κ2) is 7.44. The van der Waals surface area contributed by atoms with Crippen LogP contribution < -0.4 is 5.73 Å². The van der Waals surface area contributed by atoms with Crippen molar-refractivity contribution in [3.63, 3.8) is 0 Å². The van der Waals surface area contributed by atoms with Gasteiger partial charge >= 0.3 is 5.97 Å². The van der Waals surface area contributed by atoms with Crippen LogP contribution in [0.2, 0.25) is 0 Å². The number of aromatic nitrogens is 2. The normalized spacial score (nSPS) is 10.4. The number of rotatable bonds is 6. The molecular formula is C19H17N3O3. The first kappa shape index (κ1) is 16.4. The van der Waals surface area contributed by atoms with Crippen LogP contribution in [0.15, 0.2) is 67.0 Å². The molecule has 0 fully saturated rings. The summed E-state index contributed by atoms with van der Waals surface area (Å²) in [6, 6.07) is 16.5. The Bertz CT molecular complexity index is 870. The van der Waals surface area contributed by atoms with Crippen molar-refractivity contribution in [3.05, 3.63) is 89.2 Å². The molecule has 0 spiro atoms. The minimum Gasteiger partial charge on any atom is -0.457 e. The lowest BCUT2D eigenvalue weighted by Crippen LogP contribution is -2.10. The molecule has 0 unspecified atom stereocenters. The summed E-state index contributed by atoms with van der Waals surface area (Å²) in [5.74, 6) is -0.937. The summed E-state index contributed by atoms with van der Waals surface area (Å²) in [5.41, 5.74) is 7.86. The van der Waals surface area contributed by atoms with Crippen molar-refractivity contribution in [1.82, 2.24) is 9.78 Å². The number of nitrogens with two attached hydrogens (primary N) is 1. The summed E-state index contributed by atoms with van der Waals surface area (Å²) in [5, 5.41) is 4.18. The van der Waals surface area contributed by atoms with Crippen molar-refractivity contribution in [1.29, 1.82) is 0 Å². The Morgan fingerprint density at radius 2 is 1.68 bits per heavy atom. The standard InChI is InChI=1S/C19H17N3O3/c20-18(23)16-8-6-15(7-9-16)13-25-19(24)17-10-21-22(12-17)11-14-4-2-1-3-5-14/h1-10,12H,11,13H2,(H2,20,23). The zero-order valence-corrected chi connectivity index (χ0v) is 13.5. The molecule has 0 radical (unpaired) electrons. The maximum Gasteiger partial charge on any atom is 0.341 e. The monoisotopic (exact) mass is 335 g/mol. The number of primary amides is 1. The number of hydrogen-bond donors (Lipinski definition) is 1. The topological polar surface area (TPSA) is 87.2 Å². The van der Waals surface area contributed by atoms with Gasteiger partial charge in [0.2, 0.25) is 5.91 Å². The lowest BCUT2D eigenvalue weighted by Gasteiger charge is -2.04. The van der Waals surface area contributed by atoms with Crippen LogP contribution >= 0.6 is 0 Å². The first-order valence-electron chi connectivity index (χ1n) is 7.74. The van der Waals surface area contributed by atoms with E-state index in [4.69, 9.17) is 10.5 Å². The number of benzene rings is 2. The van der Waals surface area contributed by atoms with Gasteiger partial charge in [-0.2, -0.15) is 5.10 Å². The Morgan fingerprint density at radius 1 is 0.960 bits per heavy atom. The highest BCUT2D eigenvalue weighted by Crippen LogP contribution is 2.09. The van der Waals surface area contributed by atoms with Crippen LogP contribution in [0.4, 0.5) is 0 Å². The summed E-state index contributed by atoms with van der Waals surface area (Å²) in [4.78, 5) is 23.1. The van der Waals surface area contributed by atoms with Crippen molar-refractivity contribution in [2.75, 3.05) is 0 Å². The van der Waals surface area contributed by atoms with E-state index in [0.717, 1.165) is 11.1 Å². The SMILES string of the molecule is NC(=O)c1ccc(COC(=O)c2cnn(Cc3ccccc3)c2)cc1. The van der Waals surface area contributed by atoms with Crippen LogP contribution in [-0.4, -0.2) is 21.7 Å². The Morgan fingerprint density at radius 3 is 2.36 bits per heavy atom. The Hall–Kier alpha value is -3.41. The number of carbonyl (C=O) groups is 2. The highest BCUT2D eigenvalue weighted by molar-refractivity contribution is 5.92. The molecule has 126 valence electrons. The number of carbonyl (C=O) groups excluding carboxylic acids is 2. The van der Waals surface area contributed by atoms with Crippen LogP contribution in [-0.2, 0) is 17.9 Å². The molecule has 0 aliphatic rings. The zero-order valence-electron chi connectivity index (χ0n) is 13.5. The molecule has 1 heterocycles. The molecule has 1 amide bonds. The van der Waals surface area contributed by atoms with Crippen LogP contribution in [0.1, 0.15) is 31.8 Å². The van der Waals surface area contributed by atoms with E-state index in [-0.39, 0.29) is 6.61 Å². The Labute approximate surface area is 144 Å². The Balaban J connectivity index is 1.57. The third-order valence-corrected chi connectivity index (χ3v) is 3.66. The molecule has 2 aromatic carbocycles. The Kier molecular flexibility index (Phi) is 4.89. The third kappa shape index (κ3) is 4.32. The molecule has 25 heavy (non-hydrogen) atoms. The predicted octanol–water partition coefficient (Wildman–Crippen LogP) is 2.39. The van der Waals surface area contributed by atoms with Gasteiger partial charge in [-0.05, 0) is 23.3 Å². The summed E-state index contributed by atoms with van der Waals surface area (Å²) >= 11 is 0. The molecule has 0 saturated heterocycles. The fourth-order valence-corrected chi connectivity index (χ4v) is 2.32. The molecule has 0 atom stereocenters. The summed E-state index contributed by atoms with van der Waals surface area (Å²) in [6.07, 6.45) is 3.15. The van der Waals surface area contributed by atoms with Gasteiger partial charge in [0.1, 0.15) is 6.61 Å². The molecule has 0 aliphatic heterocycles. The summed E-state index contributed by atoms with van der Waals surface area (Å²) in [7, 11) is 0. The molecule has 0 saturated carbocycles. The summed E-state index contributed by atoms with van der Waals surface area (Å²) < 4.78 is 6.96. The number of ether oxygens (including phenoxy) is 1. The molecule has 1 aromatic heterocycles. The van der Waals surface area contributed by atoms with Crippen molar-refractivity contribution in [2.24, 2.45) is 5.73 Å². The van der Waals surface area contributed by atoms with Crippen LogP contribution in [0.25, 0.3) is 0 Å². The number of esters is 1. The lowest BCUT2D eigenvalue weighted by atomic mass is 10.1. The fourth-order valence-electron chi connectivity index (χ4n) is 2.32. The van der Waals surface area contributed by atoms with Crippen molar-refractivity contribution < 1.29 is 14.3 Å². The highest BCUT2D eigenvalue weighted by atomic mass is 16.5. The van der Waals surface area contributed by atoms with Gasteiger partial charge in [-0.15, -0.1) is 0 Å². The average Bonchev–Trinajstić information content (AvgIpc) is 3.09. The minimum absolute atomic E-state index is 0.113. The maximum absolute atomic E-state index is 12.1. The van der Waals surface area contributed by atoms with E-state index in [1.54, 1.807) is 35.1 Å². The molecule has 6 nitrogen and oxygen atoms in total. The van der Waals surface area contributed by atoms with E-state index in [0.29, 0.717) is 17.7 Å². The van der Waals surface area contributed by atoms with E-state index >= 15 is 0 Å². The van der Waals surface area contributed by atoms with Gasteiger partial charge in [-0.25, -0.2) is 4.79 Å². The number of hydrogen-bond acceptors (Lipinski definition) is 4. The molecule has 6 heteroatoms. The van der Waals surface area contributed by atoms with E-state index in [2.05, 4.69) is 5.10 Å². The molecule has 0 aliphatic carbocycles. The first-order valence-corrected chi connectivity index (χ1v) is 7.74. The van der Waals surface area contributed by atoms with Gasteiger partial charge in [0.25, 0.3) is 0 Å². The van der Waals surface area contributed by atoms with E-state index in [1.165, 1.54) is 6.20 Å². The van der Waals surface area contributed by atoms with Crippen molar-refractivity contribution in [2.45, 2.75) is 13.2 Å². The summed E-state index contributed by atoms with van der Waals surface area (Å²) in [6.45, 7) is 0.699. The minimum atomic E-state index is -0.491. The second-order valence-corrected chi connectivity index (χ2v) is 5.55. The van der Waals surface area contributed by atoms with E-state index in [9.17, 15) is 9.59 Å². The molecule has 0 bridgehead atoms. The van der Waals surface area contributed by atoms with Crippen molar-refractivity contribution in [3.8, 4) is 0 Å². The highest BCUT2D eigenvalue weighted by Gasteiger charge is 2.11. The third-order valence-electron chi connectivity index (χ3n) is 3.66. The molecule has 3 aromatic rings. The van der Waals surface area contributed by atoms with Gasteiger partial charge in [-0.3, -0.25) is 9.48 Å². The largest absolute Gasteiger partial charge is 0.457 e. The lowest BCUT2D eigenvalue weighted by molar-refractivity contribution is 0.0472. The number of nitrogens with zero attached hydrogens (tertiary/aromatic N) is 2. The molecular weight excluding hydrogens is 318 g/mol. The molecule has 2 N–H and O–H groups in total. The van der Waals surface area contributed by atoms with Gasteiger partial charge in [0.05, 0.1) is 18.3 Å². The van der Waals surface area contributed by atoms with E-state index in [1.807, 2.05) is 30.3 Å². The second-order valence-electron chi connectivity index (χ2n) is 5.55. The van der Waals surface area contributed by atoms with Gasteiger partial charge in [0.15, 0.2) is 0 Å². The average molecular weight is 335 g/mol. The van der Waals surface area contributed by atoms with Gasteiger partial charge in [-0.1, -0.05) is 42.5 Å². The quantitative estimate of drug-likeness (QED) is 0.701. The van der Waals surface area contributed by atoms with Crippen LogP contribution in [0.3, 0.4) is 0 Å². The zero-order chi connectivity index (χ0) is 17.6. The fraction of sp³-hybridized carbons (Fsp3) is 0.105. The van der Waals surface area contributed by atoms with Gasteiger partial charge < -0.3 is 10.5 Å². The van der Waals surface area contributed by atoms with Crippen molar-refractivity contribution >= 4 is 11.9 Å². The molecule has 3 rings (SSSR count). The number of amides is 1. The van der Waals surface area contributed by atoms with Crippen LogP contribution in [0, 0.1) is 0 Å². The predicted molar refractivity (Wildman–Crippen MR) is 91.9 cm³/mol. The van der Waals surface area contributed by atoms with Crippen LogP contribution in [0.5, 0.6) is 0 Å². The van der Waals surface area contributed by atoms with Gasteiger partial charge in [0, 0.05) is 11.8 Å². The first-order chi connectivity index (χ1) is 12.1. The maximum atomic E-state index is 12.1. The van der Waals surface area contributed by atoms with E-state index < -0.39 is 11.9 Å². The smallest absolute Gasteiger partial charge is 0.341 e.